The summed E-state index contributed by atoms with van der Waals surface area (Å²) in [6, 6.07) is 14.5. The first-order valence-corrected chi connectivity index (χ1v) is 10.9. The van der Waals surface area contributed by atoms with Gasteiger partial charge in [0.25, 0.3) is 5.91 Å². The van der Waals surface area contributed by atoms with Gasteiger partial charge in [0, 0.05) is 26.2 Å². The number of carbonyl (C=O) groups excluding carboxylic acids is 1. The van der Waals surface area contributed by atoms with Gasteiger partial charge in [0.2, 0.25) is 0 Å². The van der Waals surface area contributed by atoms with Gasteiger partial charge in [-0.15, -0.1) is 0 Å². The first kappa shape index (κ1) is 22.3. The van der Waals surface area contributed by atoms with E-state index in [1.807, 2.05) is 19.1 Å². The van der Waals surface area contributed by atoms with Crippen LogP contribution < -0.4 is 10.1 Å². The average Bonchev–Trinajstić information content (AvgIpc) is 2.73. The molecule has 1 fully saturated rings. The third-order valence-corrected chi connectivity index (χ3v) is 5.53. The highest BCUT2D eigenvalue weighted by Gasteiger charge is 2.18. The van der Waals surface area contributed by atoms with Gasteiger partial charge in [0.15, 0.2) is 6.10 Å². The van der Waals surface area contributed by atoms with Crippen LogP contribution in [-0.2, 0) is 22.6 Å². The lowest BCUT2D eigenvalue weighted by Gasteiger charge is -2.27. The van der Waals surface area contributed by atoms with Crippen LogP contribution in [0.3, 0.4) is 0 Å². The zero-order chi connectivity index (χ0) is 21.5. The normalized spacial score (nSPS) is 15.8. The Bertz CT molecular complexity index is 844. The molecule has 0 spiro atoms. The minimum absolute atomic E-state index is 0.104. The van der Waals surface area contributed by atoms with E-state index < -0.39 is 6.10 Å². The minimum atomic E-state index is -0.560. The van der Waals surface area contributed by atoms with Crippen molar-refractivity contribution in [2.24, 2.45) is 0 Å². The molecule has 2 aromatic carbocycles. The van der Waals surface area contributed by atoms with Crippen LogP contribution in [-0.4, -0.2) is 43.2 Å². The summed E-state index contributed by atoms with van der Waals surface area (Å²) in [7, 11) is 0. The molecule has 1 unspecified atom stereocenters. The lowest BCUT2D eigenvalue weighted by atomic mass is 10.0. The minimum Gasteiger partial charge on any atom is -0.481 e. The van der Waals surface area contributed by atoms with Gasteiger partial charge in [-0.2, -0.15) is 0 Å². The summed E-state index contributed by atoms with van der Waals surface area (Å²) in [5.74, 6) is 1.02. The van der Waals surface area contributed by atoms with Gasteiger partial charge < -0.3 is 14.8 Å². The van der Waals surface area contributed by atoms with E-state index in [1.165, 1.54) is 5.56 Å². The summed E-state index contributed by atoms with van der Waals surface area (Å²) in [6.45, 7) is 12.9. The fourth-order valence-corrected chi connectivity index (χ4v) is 3.68. The monoisotopic (exact) mass is 410 g/mol. The van der Waals surface area contributed by atoms with Gasteiger partial charge in [-0.05, 0) is 48.1 Å². The highest BCUT2D eigenvalue weighted by Crippen LogP contribution is 2.28. The number of benzene rings is 2. The third kappa shape index (κ3) is 6.07. The van der Waals surface area contributed by atoms with Gasteiger partial charge in [-0.25, -0.2) is 0 Å². The Morgan fingerprint density at radius 3 is 2.50 bits per heavy atom. The molecule has 1 saturated heterocycles. The third-order valence-electron chi connectivity index (χ3n) is 5.53. The quantitative estimate of drug-likeness (QED) is 0.714. The van der Waals surface area contributed by atoms with Crippen molar-refractivity contribution < 1.29 is 14.3 Å². The molecule has 1 amide bonds. The number of amides is 1. The Morgan fingerprint density at radius 2 is 1.80 bits per heavy atom. The molecule has 1 heterocycles. The summed E-state index contributed by atoms with van der Waals surface area (Å²) in [4.78, 5) is 15.1. The topological polar surface area (TPSA) is 50.8 Å². The molecular weight excluding hydrogens is 376 g/mol. The number of aryl methyl sites for hydroxylation is 1. The molecule has 5 heteroatoms. The van der Waals surface area contributed by atoms with Crippen LogP contribution in [0.15, 0.2) is 42.5 Å². The SMILES string of the molecule is Cc1ccc(C(C)C)c(OC(C)C(=O)NCc2ccccc2CN2CCOCC2)c1. The summed E-state index contributed by atoms with van der Waals surface area (Å²) in [5.41, 5.74) is 4.63. The maximum absolute atomic E-state index is 12.7. The highest BCUT2D eigenvalue weighted by molar-refractivity contribution is 5.80. The van der Waals surface area contributed by atoms with Gasteiger partial charge >= 0.3 is 0 Å². The molecule has 30 heavy (non-hydrogen) atoms. The predicted molar refractivity (Wildman–Crippen MR) is 120 cm³/mol. The molecule has 1 atom stereocenters. The Kier molecular flexibility index (Phi) is 7.88. The standard InChI is InChI=1S/C25H34N2O3/c1-18(2)23-10-9-19(3)15-24(23)30-20(4)25(28)26-16-21-7-5-6-8-22(21)17-27-11-13-29-14-12-27/h5-10,15,18,20H,11-14,16-17H2,1-4H3,(H,26,28). The van der Waals surface area contributed by atoms with Crippen LogP contribution >= 0.6 is 0 Å². The fraction of sp³-hybridized carbons (Fsp3) is 0.480. The van der Waals surface area contributed by atoms with Gasteiger partial charge in [0.1, 0.15) is 5.75 Å². The van der Waals surface area contributed by atoms with E-state index in [0.29, 0.717) is 12.5 Å². The van der Waals surface area contributed by atoms with Crippen LogP contribution in [0.2, 0.25) is 0 Å². The Morgan fingerprint density at radius 1 is 1.10 bits per heavy atom. The molecule has 1 aliphatic rings. The van der Waals surface area contributed by atoms with E-state index >= 15 is 0 Å². The smallest absolute Gasteiger partial charge is 0.261 e. The number of rotatable bonds is 8. The van der Waals surface area contributed by atoms with Gasteiger partial charge in [-0.3, -0.25) is 9.69 Å². The van der Waals surface area contributed by atoms with E-state index in [0.717, 1.165) is 55.3 Å². The summed E-state index contributed by atoms with van der Waals surface area (Å²) in [5, 5.41) is 3.05. The van der Waals surface area contributed by atoms with E-state index in [1.54, 1.807) is 6.92 Å². The molecule has 1 N–H and O–H groups in total. The molecule has 0 saturated carbocycles. The molecule has 2 aromatic rings. The van der Waals surface area contributed by atoms with Crippen molar-refractivity contribution in [3.8, 4) is 5.75 Å². The van der Waals surface area contributed by atoms with Crippen molar-refractivity contribution in [1.29, 1.82) is 0 Å². The first-order chi connectivity index (χ1) is 14.4. The van der Waals surface area contributed by atoms with Crippen LogP contribution in [0.25, 0.3) is 0 Å². The lowest BCUT2D eigenvalue weighted by Crippen LogP contribution is -2.37. The number of hydrogen-bond donors (Lipinski definition) is 1. The van der Waals surface area contributed by atoms with E-state index in [2.05, 4.69) is 54.4 Å². The second-order valence-corrected chi connectivity index (χ2v) is 8.33. The van der Waals surface area contributed by atoms with Crippen molar-refractivity contribution in [1.82, 2.24) is 10.2 Å². The summed E-state index contributed by atoms with van der Waals surface area (Å²) in [6.07, 6.45) is -0.560. The Hall–Kier alpha value is -2.37. The van der Waals surface area contributed by atoms with Crippen molar-refractivity contribution >= 4 is 5.91 Å². The number of carbonyl (C=O) groups is 1. The van der Waals surface area contributed by atoms with E-state index in [4.69, 9.17) is 9.47 Å². The van der Waals surface area contributed by atoms with Crippen LogP contribution in [0.4, 0.5) is 0 Å². The number of morpholine rings is 1. The van der Waals surface area contributed by atoms with Crippen LogP contribution in [0, 0.1) is 6.92 Å². The lowest BCUT2D eigenvalue weighted by molar-refractivity contribution is -0.127. The maximum atomic E-state index is 12.7. The average molecular weight is 411 g/mol. The zero-order valence-electron chi connectivity index (χ0n) is 18.6. The highest BCUT2D eigenvalue weighted by atomic mass is 16.5. The maximum Gasteiger partial charge on any atom is 0.261 e. The van der Waals surface area contributed by atoms with Crippen molar-refractivity contribution in [3.63, 3.8) is 0 Å². The fourth-order valence-electron chi connectivity index (χ4n) is 3.68. The van der Waals surface area contributed by atoms with Gasteiger partial charge in [-0.1, -0.05) is 50.2 Å². The molecule has 0 aliphatic carbocycles. The van der Waals surface area contributed by atoms with Crippen LogP contribution in [0.5, 0.6) is 5.75 Å². The molecule has 0 radical (unpaired) electrons. The van der Waals surface area contributed by atoms with E-state index in [-0.39, 0.29) is 5.91 Å². The van der Waals surface area contributed by atoms with E-state index in [9.17, 15) is 4.79 Å². The van der Waals surface area contributed by atoms with Gasteiger partial charge in [0.05, 0.1) is 13.2 Å². The second kappa shape index (κ2) is 10.6. The second-order valence-electron chi connectivity index (χ2n) is 8.33. The summed E-state index contributed by atoms with van der Waals surface area (Å²) >= 11 is 0. The van der Waals surface area contributed by atoms with Crippen molar-refractivity contribution in [2.75, 3.05) is 26.3 Å². The van der Waals surface area contributed by atoms with Crippen molar-refractivity contribution in [3.05, 3.63) is 64.7 Å². The molecule has 162 valence electrons. The molecular formula is C25H34N2O3. The first-order valence-electron chi connectivity index (χ1n) is 10.9. The number of nitrogens with one attached hydrogen (secondary N) is 1. The summed E-state index contributed by atoms with van der Waals surface area (Å²) < 4.78 is 11.5. The molecule has 3 rings (SSSR count). The molecule has 0 bridgehead atoms. The largest absolute Gasteiger partial charge is 0.481 e. The number of ether oxygens (including phenoxy) is 2. The molecule has 1 aliphatic heterocycles. The number of hydrogen-bond acceptors (Lipinski definition) is 4. The Balaban J connectivity index is 1.60. The molecule has 5 nitrogen and oxygen atoms in total. The number of nitrogens with zero attached hydrogens (tertiary/aromatic N) is 1. The van der Waals surface area contributed by atoms with Crippen LogP contribution in [0.1, 0.15) is 48.9 Å². The molecule has 0 aromatic heterocycles. The predicted octanol–water partition coefficient (Wildman–Crippen LogP) is 4.03. The Labute approximate surface area is 180 Å². The zero-order valence-corrected chi connectivity index (χ0v) is 18.6. The van der Waals surface area contributed by atoms with Crippen molar-refractivity contribution in [2.45, 2.75) is 52.8 Å².